The summed E-state index contributed by atoms with van der Waals surface area (Å²) in [5.41, 5.74) is 0.194. The van der Waals surface area contributed by atoms with Crippen molar-refractivity contribution in [2.75, 3.05) is 6.54 Å². The summed E-state index contributed by atoms with van der Waals surface area (Å²) in [6.07, 6.45) is -1.16. The summed E-state index contributed by atoms with van der Waals surface area (Å²) in [4.78, 5) is 26.1. The van der Waals surface area contributed by atoms with Gasteiger partial charge >= 0.3 is 6.09 Å². The fourth-order valence-electron chi connectivity index (χ4n) is 2.55. The third kappa shape index (κ3) is 5.59. The van der Waals surface area contributed by atoms with Gasteiger partial charge in [0.2, 0.25) is 5.91 Å². The average Bonchev–Trinajstić information content (AvgIpc) is 2.86. The van der Waals surface area contributed by atoms with Crippen molar-refractivity contribution in [2.24, 2.45) is 0 Å². The third-order valence-electron chi connectivity index (χ3n) is 3.68. The largest absolute Gasteiger partial charge is 0.444 e. The molecule has 2 amide bonds. The molecule has 1 aliphatic rings. The first-order chi connectivity index (χ1) is 11.6. The van der Waals surface area contributed by atoms with Gasteiger partial charge in [0.15, 0.2) is 0 Å². The minimum Gasteiger partial charge on any atom is -0.444 e. The van der Waals surface area contributed by atoms with Crippen LogP contribution in [0.2, 0.25) is 5.02 Å². The van der Waals surface area contributed by atoms with Crippen molar-refractivity contribution in [1.82, 2.24) is 10.2 Å². The Morgan fingerprint density at radius 3 is 2.72 bits per heavy atom. The predicted molar refractivity (Wildman–Crippen MR) is 98.4 cm³/mol. The molecule has 0 radical (unpaired) electrons. The number of hydrogen-bond donors (Lipinski definition) is 2. The van der Waals surface area contributed by atoms with Crippen LogP contribution in [0.3, 0.4) is 0 Å². The number of amides is 2. The summed E-state index contributed by atoms with van der Waals surface area (Å²) in [7, 11) is 0. The molecule has 2 atom stereocenters. The molecule has 0 spiro atoms. The molecule has 1 aliphatic heterocycles. The minimum atomic E-state index is -0.754. The highest BCUT2D eigenvalue weighted by atomic mass is 79.9. The molecule has 1 saturated heterocycles. The Balaban J connectivity index is 2.02. The third-order valence-corrected chi connectivity index (χ3v) is 4.65. The predicted octanol–water partition coefficient (Wildman–Crippen LogP) is 3.09. The van der Waals surface area contributed by atoms with Gasteiger partial charge in [-0.25, -0.2) is 4.79 Å². The highest BCUT2D eigenvalue weighted by Gasteiger charge is 2.40. The van der Waals surface area contributed by atoms with Crippen molar-refractivity contribution in [3.63, 3.8) is 0 Å². The molecular weight excluding hydrogens is 412 g/mol. The lowest BCUT2D eigenvalue weighted by atomic mass is 10.1. The second-order valence-electron chi connectivity index (χ2n) is 6.99. The van der Waals surface area contributed by atoms with E-state index >= 15 is 0 Å². The maximum absolute atomic E-state index is 12.5. The molecule has 0 bridgehead atoms. The van der Waals surface area contributed by atoms with Crippen LogP contribution in [0.5, 0.6) is 0 Å². The van der Waals surface area contributed by atoms with E-state index in [1.807, 2.05) is 6.07 Å². The van der Waals surface area contributed by atoms with Gasteiger partial charge in [-0.3, -0.25) is 9.69 Å². The molecule has 8 heteroatoms. The van der Waals surface area contributed by atoms with Crippen LogP contribution in [0.4, 0.5) is 4.79 Å². The topological polar surface area (TPSA) is 78.9 Å². The highest BCUT2D eigenvalue weighted by Crippen LogP contribution is 2.23. The van der Waals surface area contributed by atoms with Gasteiger partial charge < -0.3 is 15.2 Å². The van der Waals surface area contributed by atoms with Crippen molar-refractivity contribution in [2.45, 2.75) is 51.5 Å². The molecule has 0 saturated carbocycles. The molecule has 0 aliphatic carbocycles. The Kier molecular flexibility index (Phi) is 6.35. The van der Waals surface area contributed by atoms with Gasteiger partial charge in [-0.05, 0) is 38.5 Å². The zero-order chi connectivity index (χ0) is 18.8. The number of likely N-dealkylation sites (tertiary alicyclic amines) is 1. The summed E-state index contributed by atoms with van der Waals surface area (Å²) >= 11 is 9.30. The molecular formula is C17H22BrClN2O4. The summed E-state index contributed by atoms with van der Waals surface area (Å²) in [6, 6.07) is 4.54. The number of aliphatic hydroxyl groups excluding tert-OH is 1. The molecule has 6 nitrogen and oxygen atoms in total. The summed E-state index contributed by atoms with van der Waals surface area (Å²) < 4.78 is 6.11. The number of benzene rings is 1. The number of nitrogens with one attached hydrogen (secondary N) is 1. The van der Waals surface area contributed by atoms with Crippen LogP contribution in [0.25, 0.3) is 0 Å². The van der Waals surface area contributed by atoms with Gasteiger partial charge in [0.25, 0.3) is 0 Å². The Hall–Kier alpha value is -1.31. The van der Waals surface area contributed by atoms with Gasteiger partial charge in [0, 0.05) is 22.5 Å². The Bertz CT molecular complexity index is 663. The van der Waals surface area contributed by atoms with Gasteiger partial charge in [-0.2, -0.15) is 0 Å². The normalized spacial score (nSPS) is 20.5. The minimum absolute atomic E-state index is 0.0810. The van der Waals surface area contributed by atoms with Crippen molar-refractivity contribution < 1.29 is 19.4 Å². The summed E-state index contributed by atoms with van der Waals surface area (Å²) in [6.45, 7) is 5.63. The molecule has 138 valence electrons. The van der Waals surface area contributed by atoms with Crippen LogP contribution < -0.4 is 5.32 Å². The van der Waals surface area contributed by atoms with Crippen LogP contribution in [0.15, 0.2) is 22.7 Å². The van der Waals surface area contributed by atoms with E-state index in [-0.39, 0.29) is 25.4 Å². The van der Waals surface area contributed by atoms with E-state index in [0.717, 1.165) is 10.0 Å². The first kappa shape index (κ1) is 20.0. The van der Waals surface area contributed by atoms with E-state index in [1.54, 1.807) is 32.9 Å². The maximum atomic E-state index is 12.5. The monoisotopic (exact) mass is 432 g/mol. The van der Waals surface area contributed by atoms with E-state index in [0.29, 0.717) is 5.02 Å². The number of nitrogens with zero attached hydrogens (tertiary/aromatic N) is 1. The molecule has 1 heterocycles. The van der Waals surface area contributed by atoms with Crippen LogP contribution in [-0.4, -0.2) is 46.3 Å². The smallest absolute Gasteiger partial charge is 0.411 e. The molecule has 0 unspecified atom stereocenters. The Morgan fingerprint density at radius 2 is 2.12 bits per heavy atom. The number of hydrogen-bond acceptors (Lipinski definition) is 4. The number of halogens is 2. The van der Waals surface area contributed by atoms with E-state index in [4.69, 9.17) is 16.3 Å². The van der Waals surface area contributed by atoms with Gasteiger partial charge in [-0.15, -0.1) is 0 Å². The fraction of sp³-hybridized carbons (Fsp3) is 0.529. The number of β-amino-alcohol motifs (C(OH)–C–C–N with tert-alkyl or cyclic N) is 1. The van der Waals surface area contributed by atoms with E-state index in [1.165, 1.54) is 4.90 Å². The van der Waals surface area contributed by atoms with Crippen molar-refractivity contribution in [3.05, 3.63) is 33.3 Å². The summed E-state index contributed by atoms with van der Waals surface area (Å²) in [5.74, 6) is -0.329. The first-order valence-corrected chi connectivity index (χ1v) is 9.13. The molecule has 0 aromatic heterocycles. The van der Waals surface area contributed by atoms with Crippen LogP contribution in [0.1, 0.15) is 32.8 Å². The van der Waals surface area contributed by atoms with Crippen LogP contribution in [0, 0.1) is 0 Å². The van der Waals surface area contributed by atoms with Crippen molar-refractivity contribution >= 4 is 39.5 Å². The number of carbonyl (C=O) groups is 2. The van der Waals surface area contributed by atoms with E-state index < -0.39 is 23.8 Å². The van der Waals surface area contributed by atoms with E-state index in [2.05, 4.69) is 21.2 Å². The number of carbonyl (C=O) groups excluding carboxylic acids is 2. The molecule has 1 fully saturated rings. The van der Waals surface area contributed by atoms with Gasteiger partial charge in [-0.1, -0.05) is 33.6 Å². The molecule has 1 aromatic rings. The second-order valence-corrected chi connectivity index (χ2v) is 8.28. The number of ether oxygens (including phenoxy) is 1. The lowest BCUT2D eigenvalue weighted by Gasteiger charge is -2.27. The molecule has 1 aromatic carbocycles. The van der Waals surface area contributed by atoms with Crippen molar-refractivity contribution in [1.29, 1.82) is 0 Å². The number of aliphatic hydroxyl groups is 1. The maximum Gasteiger partial charge on any atom is 0.411 e. The zero-order valence-corrected chi connectivity index (χ0v) is 16.7. The lowest BCUT2D eigenvalue weighted by molar-refractivity contribution is -0.125. The summed E-state index contributed by atoms with van der Waals surface area (Å²) in [5, 5.41) is 13.3. The lowest BCUT2D eigenvalue weighted by Crippen LogP contribution is -2.47. The Labute approximate surface area is 160 Å². The van der Waals surface area contributed by atoms with Gasteiger partial charge in [0.05, 0.1) is 12.6 Å². The van der Waals surface area contributed by atoms with Crippen molar-refractivity contribution in [3.8, 4) is 0 Å². The zero-order valence-electron chi connectivity index (χ0n) is 14.4. The molecule has 25 heavy (non-hydrogen) atoms. The molecule has 2 N–H and O–H groups in total. The van der Waals surface area contributed by atoms with Crippen LogP contribution in [-0.2, 0) is 16.1 Å². The average molecular weight is 434 g/mol. The number of rotatable bonds is 3. The molecule has 2 rings (SSSR count). The first-order valence-electron chi connectivity index (χ1n) is 7.96. The second kappa shape index (κ2) is 7.93. The SMILES string of the molecule is CC(C)(C)OC(=O)N1C[C@H](O)C[C@H]1C(=O)NCc1ccc(Cl)cc1Br. The Morgan fingerprint density at radius 1 is 1.44 bits per heavy atom. The van der Waals surface area contributed by atoms with E-state index in [9.17, 15) is 14.7 Å². The van der Waals surface area contributed by atoms with Crippen LogP contribution >= 0.6 is 27.5 Å². The fourth-order valence-corrected chi connectivity index (χ4v) is 3.37. The quantitative estimate of drug-likeness (QED) is 0.768. The highest BCUT2D eigenvalue weighted by molar-refractivity contribution is 9.10. The van der Waals surface area contributed by atoms with Gasteiger partial charge in [0.1, 0.15) is 11.6 Å². The standard InChI is InChI=1S/C17H22BrClN2O4/c1-17(2,3)25-16(24)21-9-12(22)7-14(21)15(23)20-8-10-4-5-11(19)6-13(10)18/h4-6,12,14,22H,7-9H2,1-3H3,(H,20,23)/t12-,14+/m1/s1.